The van der Waals surface area contributed by atoms with Crippen LogP contribution in [0.25, 0.3) is 0 Å². The lowest BCUT2D eigenvalue weighted by Crippen LogP contribution is -2.35. The number of allylic oxidation sites excluding steroid dienone is 2. The Kier molecular flexibility index (Phi) is 4.35. The Morgan fingerprint density at radius 1 is 1.47 bits per heavy atom. The summed E-state index contributed by atoms with van der Waals surface area (Å²) in [6, 6.07) is 0. The van der Waals surface area contributed by atoms with Crippen molar-refractivity contribution in [2.45, 2.75) is 51.9 Å². The van der Waals surface area contributed by atoms with Crippen LogP contribution in [0.4, 0.5) is 0 Å². The lowest BCUT2D eigenvalue weighted by molar-refractivity contribution is -0.121. The maximum atomic E-state index is 11.5. The Labute approximate surface area is 103 Å². The van der Waals surface area contributed by atoms with Crippen molar-refractivity contribution in [1.29, 1.82) is 0 Å². The largest absolute Gasteiger partial charge is 0.273 e. The average molecular weight is 234 g/mol. The van der Waals surface area contributed by atoms with Crippen molar-refractivity contribution < 1.29 is 4.79 Å². The smallest absolute Gasteiger partial charge is 0.240 e. The summed E-state index contributed by atoms with van der Waals surface area (Å²) in [6.07, 6.45) is 11.8. The van der Waals surface area contributed by atoms with Crippen molar-refractivity contribution >= 4 is 11.6 Å². The van der Waals surface area contributed by atoms with Gasteiger partial charge in [-0.15, -0.1) is 0 Å². The zero-order valence-corrected chi connectivity index (χ0v) is 10.6. The Hall–Kier alpha value is -1.12. The van der Waals surface area contributed by atoms with E-state index in [0.29, 0.717) is 18.3 Å². The number of unbranched alkanes of at least 4 members (excludes halogenated alkanes) is 3. The van der Waals surface area contributed by atoms with Crippen molar-refractivity contribution in [3.8, 4) is 0 Å². The first-order chi connectivity index (χ1) is 8.31. The van der Waals surface area contributed by atoms with Gasteiger partial charge in [0.25, 0.3) is 0 Å². The molecule has 1 amide bonds. The maximum Gasteiger partial charge on any atom is 0.240 e. The van der Waals surface area contributed by atoms with E-state index < -0.39 is 0 Å². The molecule has 2 aliphatic carbocycles. The van der Waals surface area contributed by atoms with Gasteiger partial charge in [0.1, 0.15) is 0 Å². The Morgan fingerprint density at radius 2 is 2.35 bits per heavy atom. The van der Waals surface area contributed by atoms with Crippen LogP contribution < -0.4 is 5.43 Å². The van der Waals surface area contributed by atoms with Gasteiger partial charge in [-0.2, -0.15) is 5.10 Å². The van der Waals surface area contributed by atoms with Gasteiger partial charge in [0.15, 0.2) is 0 Å². The molecule has 0 aromatic rings. The van der Waals surface area contributed by atoms with Crippen molar-refractivity contribution in [1.82, 2.24) is 5.43 Å². The van der Waals surface area contributed by atoms with Gasteiger partial charge in [-0.25, -0.2) is 5.43 Å². The van der Waals surface area contributed by atoms with E-state index in [1.54, 1.807) is 0 Å². The van der Waals surface area contributed by atoms with Crippen LogP contribution in [0.3, 0.4) is 0 Å². The summed E-state index contributed by atoms with van der Waals surface area (Å²) < 4.78 is 0. The second-order valence-corrected chi connectivity index (χ2v) is 5.09. The van der Waals surface area contributed by atoms with Crippen LogP contribution in [0, 0.1) is 11.8 Å². The predicted molar refractivity (Wildman–Crippen MR) is 69.7 cm³/mol. The summed E-state index contributed by atoms with van der Waals surface area (Å²) in [7, 11) is 0. The average Bonchev–Trinajstić information content (AvgIpc) is 2.67. The SMILES string of the molecule is CCCCCCC(=O)N/N=C1\C[C@@H]2C=CC[C@@H]12. The van der Waals surface area contributed by atoms with Crippen LogP contribution in [0.2, 0.25) is 0 Å². The minimum Gasteiger partial charge on any atom is -0.273 e. The molecule has 0 radical (unpaired) electrons. The molecule has 2 atom stereocenters. The highest BCUT2D eigenvalue weighted by atomic mass is 16.2. The fraction of sp³-hybridized carbons (Fsp3) is 0.714. The summed E-state index contributed by atoms with van der Waals surface area (Å²) in [5, 5.41) is 4.25. The second-order valence-electron chi connectivity index (χ2n) is 5.09. The van der Waals surface area contributed by atoms with Gasteiger partial charge in [0.2, 0.25) is 5.91 Å². The summed E-state index contributed by atoms with van der Waals surface area (Å²) in [6.45, 7) is 2.18. The molecular weight excluding hydrogens is 212 g/mol. The minimum atomic E-state index is 0.0722. The van der Waals surface area contributed by atoms with E-state index in [2.05, 4.69) is 29.6 Å². The van der Waals surface area contributed by atoms with Crippen LogP contribution in [-0.4, -0.2) is 11.6 Å². The Balaban J connectivity index is 1.61. The van der Waals surface area contributed by atoms with E-state index in [9.17, 15) is 4.79 Å². The summed E-state index contributed by atoms with van der Waals surface area (Å²) in [4.78, 5) is 11.5. The van der Waals surface area contributed by atoms with Crippen LogP contribution in [0.5, 0.6) is 0 Å². The third kappa shape index (κ3) is 3.18. The minimum absolute atomic E-state index is 0.0722. The monoisotopic (exact) mass is 234 g/mol. The fourth-order valence-electron chi connectivity index (χ4n) is 2.57. The molecule has 0 spiro atoms. The number of carbonyl (C=O) groups is 1. The highest BCUT2D eigenvalue weighted by molar-refractivity contribution is 5.94. The number of hydrazone groups is 1. The fourth-order valence-corrected chi connectivity index (χ4v) is 2.57. The predicted octanol–water partition coefficient (Wildman–Crippen LogP) is 3.03. The molecule has 1 N–H and O–H groups in total. The van der Waals surface area contributed by atoms with Crippen molar-refractivity contribution in [2.75, 3.05) is 0 Å². The first kappa shape index (κ1) is 12.3. The molecule has 0 aromatic heterocycles. The van der Waals surface area contributed by atoms with E-state index in [1.807, 2.05) is 0 Å². The van der Waals surface area contributed by atoms with Crippen LogP contribution in [0.15, 0.2) is 17.3 Å². The molecule has 3 heteroatoms. The third-order valence-electron chi connectivity index (χ3n) is 3.74. The number of rotatable bonds is 6. The van der Waals surface area contributed by atoms with Gasteiger partial charge in [-0.05, 0) is 25.2 Å². The van der Waals surface area contributed by atoms with Crippen LogP contribution in [0.1, 0.15) is 51.9 Å². The van der Waals surface area contributed by atoms with Crippen molar-refractivity contribution in [3.63, 3.8) is 0 Å². The molecule has 1 saturated carbocycles. The van der Waals surface area contributed by atoms with E-state index in [4.69, 9.17) is 0 Å². The van der Waals surface area contributed by atoms with E-state index >= 15 is 0 Å². The molecule has 0 aromatic carbocycles. The molecule has 3 nitrogen and oxygen atoms in total. The molecule has 2 aliphatic rings. The quantitative estimate of drug-likeness (QED) is 0.428. The Morgan fingerprint density at radius 3 is 3.12 bits per heavy atom. The number of carbonyl (C=O) groups excluding carboxylic acids is 1. The zero-order chi connectivity index (χ0) is 12.1. The summed E-state index contributed by atoms with van der Waals surface area (Å²) >= 11 is 0. The van der Waals surface area contributed by atoms with E-state index in [1.165, 1.54) is 18.6 Å². The highest BCUT2D eigenvalue weighted by Crippen LogP contribution is 2.39. The molecular formula is C14H22N2O. The van der Waals surface area contributed by atoms with Crippen molar-refractivity contribution in [3.05, 3.63) is 12.2 Å². The molecule has 0 heterocycles. The first-order valence-corrected chi connectivity index (χ1v) is 6.83. The molecule has 17 heavy (non-hydrogen) atoms. The van der Waals surface area contributed by atoms with E-state index in [0.717, 1.165) is 25.7 Å². The van der Waals surface area contributed by atoms with Gasteiger partial charge >= 0.3 is 0 Å². The summed E-state index contributed by atoms with van der Waals surface area (Å²) in [5.41, 5.74) is 3.88. The number of fused-ring (bicyclic) bond motifs is 1. The number of hydrogen-bond donors (Lipinski definition) is 1. The highest BCUT2D eigenvalue weighted by Gasteiger charge is 2.37. The van der Waals surface area contributed by atoms with Gasteiger partial charge < -0.3 is 0 Å². The Bertz CT molecular complexity index is 333. The molecule has 0 bridgehead atoms. The summed E-state index contributed by atoms with van der Waals surface area (Å²) in [5.74, 6) is 1.37. The number of nitrogens with one attached hydrogen (secondary N) is 1. The zero-order valence-electron chi connectivity index (χ0n) is 10.6. The van der Waals surface area contributed by atoms with Crippen LogP contribution in [-0.2, 0) is 4.79 Å². The number of amides is 1. The number of nitrogens with zero attached hydrogens (tertiary/aromatic N) is 1. The van der Waals surface area contributed by atoms with Gasteiger partial charge in [0.05, 0.1) is 0 Å². The molecule has 0 saturated heterocycles. The lowest BCUT2D eigenvalue weighted by atomic mass is 9.74. The third-order valence-corrected chi connectivity index (χ3v) is 3.74. The second kappa shape index (κ2) is 5.99. The molecule has 0 unspecified atom stereocenters. The molecule has 1 fully saturated rings. The topological polar surface area (TPSA) is 41.5 Å². The van der Waals surface area contributed by atoms with Gasteiger partial charge in [-0.1, -0.05) is 38.3 Å². The lowest BCUT2D eigenvalue weighted by Gasteiger charge is -2.31. The van der Waals surface area contributed by atoms with Gasteiger partial charge in [-0.3, -0.25) is 4.79 Å². The van der Waals surface area contributed by atoms with Crippen LogP contribution >= 0.6 is 0 Å². The molecule has 0 aliphatic heterocycles. The van der Waals surface area contributed by atoms with Crippen molar-refractivity contribution in [2.24, 2.45) is 16.9 Å². The first-order valence-electron chi connectivity index (χ1n) is 6.83. The molecule has 94 valence electrons. The van der Waals surface area contributed by atoms with Gasteiger partial charge in [0, 0.05) is 18.1 Å². The normalized spacial score (nSPS) is 27.9. The van der Waals surface area contributed by atoms with E-state index in [-0.39, 0.29) is 5.91 Å². The molecule has 2 rings (SSSR count). The standard InChI is InChI=1S/C14H22N2O/c1-2-3-4-5-9-14(17)16-15-13-10-11-7-6-8-12(11)13/h6-7,11-12H,2-5,8-10H2,1H3,(H,16,17)/b15-13+/t11-,12+/m0/s1. The maximum absolute atomic E-state index is 11.5. The number of hydrogen-bond acceptors (Lipinski definition) is 2.